The number of nitrogens with zero attached hydrogens (tertiary/aromatic N) is 2. The molecule has 8 heteroatoms. The van der Waals surface area contributed by atoms with Gasteiger partial charge >= 0.3 is 0 Å². The van der Waals surface area contributed by atoms with Crippen LogP contribution in [0.4, 0.5) is 5.69 Å². The Morgan fingerprint density at radius 2 is 1.91 bits per heavy atom. The molecule has 7 nitrogen and oxygen atoms in total. The van der Waals surface area contributed by atoms with E-state index in [1.165, 1.54) is 22.2 Å². The summed E-state index contributed by atoms with van der Waals surface area (Å²) in [6.45, 7) is 3.26. The molecule has 162 valence electrons. The molecule has 0 fully saturated rings. The average Bonchev–Trinajstić information content (AvgIpc) is 3.24. The lowest BCUT2D eigenvalue weighted by Gasteiger charge is -2.19. The molecule has 0 bridgehead atoms. The summed E-state index contributed by atoms with van der Waals surface area (Å²) in [5.74, 6) is 1.08. The zero-order valence-electron chi connectivity index (χ0n) is 17.5. The Morgan fingerprint density at radius 1 is 1.12 bits per heavy atom. The van der Waals surface area contributed by atoms with Crippen molar-refractivity contribution in [2.24, 2.45) is 0 Å². The number of hydrogen-bond acceptors (Lipinski definition) is 6. The molecule has 0 saturated heterocycles. The Morgan fingerprint density at radius 3 is 2.72 bits per heavy atom. The third-order valence-corrected chi connectivity index (χ3v) is 6.22. The highest BCUT2D eigenvalue weighted by molar-refractivity contribution is 7.17. The number of carbonyl (C=O) groups is 1. The van der Waals surface area contributed by atoms with Crippen molar-refractivity contribution >= 4 is 33.1 Å². The van der Waals surface area contributed by atoms with Gasteiger partial charge in [-0.25, -0.2) is 4.98 Å². The number of nitrogens with one attached hydrogen (secondary N) is 1. The van der Waals surface area contributed by atoms with Crippen LogP contribution < -0.4 is 20.3 Å². The van der Waals surface area contributed by atoms with E-state index >= 15 is 0 Å². The Balaban J connectivity index is 1.32. The van der Waals surface area contributed by atoms with E-state index in [1.807, 2.05) is 36.6 Å². The van der Waals surface area contributed by atoms with Crippen LogP contribution in [0.3, 0.4) is 0 Å². The molecule has 4 aromatic rings. The monoisotopic (exact) mass is 447 g/mol. The summed E-state index contributed by atoms with van der Waals surface area (Å²) in [7, 11) is 0. The molecule has 1 amide bonds. The number of hydrogen-bond donors (Lipinski definition) is 1. The minimum atomic E-state index is -0.197. The van der Waals surface area contributed by atoms with E-state index in [2.05, 4.69) is 10.3 Å². The summed E-state index contributed by atoms with van der Waals surface area (Å²) in [5, 5.41) is 5.40. The lowest BCUT2D eigenvalue weighted by molar-refractivity contribution is -0.116. The van der Waals surface area contributed by atoms with Crippen molar-refractivity contribution in [3.8, 4) is 22.6 Å². The maximum Gasteiger partial charge on any atom is 0.262 e. The molecule has 0 radical (unpaired) electrons. The first kappa shape index (κ1) is 20.3. The second kappa shape index (κ2) is 8.47. The number of carbonyl (C=O) groups excluding carboxylic acids is 1. The van der Waals surface area contributed by atoms with E-state index in [9.17, 15) is 9.59 Å². The average molecular weight is 448 g/mol. The van der Waals surface area contributed by atoms with Gasteiger partial charge in [-0.2, -0.15) is 0 Å². The van der Waals surface area contributed by atoms with Crippen LogP contribution in [-0.4, -0.2) is 28.7 Å². The summed E-state index contributed by atoms with van der Waals surface area (Å²) >= 11 is 1.45. The maximum absolute atomic E-state index is 13.1. The highest BCUT2D eigenvalue weighted by atomic mass is 32.1. The molecule has 2 aromatic heterocycles. The number of anilines is 1. The normalized spacial score (nSPS) is 12.7. The molecule has 1 N–H and O–H groups in total. The number of fused-ring (bicyclic) bond motifs is 2. The van der Waals surface area contributed by atoms with Crippen LogP contribution >= 0.6 is 11.3 Å². The molecule has 2 aromatic carbocycles. The summed E-state index contributed by atoms with van der Waals surface area (Å²) in [6, 6.07) is 13.3. The fraction of sp³-hybridized carbons (Fsp3) is 0.208. The number of thiophene rings is 1. The lowest BCUT2D eigenvalue weighted by atomic mass is 10.1. The molecule has 1 aliphatic rings. The lowest BCUT2D eigenvalue weighted by Crippen LogP contribution is -2.23. The van der Waals surface area contributed by atoms with Crippen molar-refractivity contribution in [1.29, 1.82) is 0 Å². The first-order chi connectivity index (χ1) is 15.6. The summed E-state index contributed by atoms with van der Waals surface area (Å²) < 4.78 is 12.5. The number of amides is 1. The second-order valence-corrected chi connectivity index (χ2v) is 8.45. The van der Waals surface area contributed by atoms with E-state index in [-0.39, 0.29) is 24.4 Å². The Bertz CT molecular complexity index is 1360. The van der Waals surface area contributed by atoms with Crippen molar-refractivity contribution in [2.45, 2.75) is 19.9 Å². The molecular weight excluding hydrogens is 426 g/mol. The van der Waals surface area contributed by atoms with Crippen LogP contribution in [0, 0.1) is 6.92 Å². The smallest absolute Gasteiger partial charge is 0.262 e. The molecule has 1 aliphatic heterocycles. The van der Waals surface area contributed by atoms with Gasteiger partial charge in [-0.3, -0.25) is 14.2 Å². The third kappa shape index (κ3) is 3.97. The number of aryl methyl sites for hydroxylation is 2. The standard InChI is InChI=1S/C24H21N3O4S/c1-15-2-4-16(5-3-15)18-13-32-23-22(18)24(29)27(14-25-23)9-8-21(28)26-17-6-7-19-20(12-17)31-11-10-30-19/h2-7,12-14H,8-11H2,1H3,(H,26,28). The van der Waals surface area contributed by atoms with Crippen molar-refractivity contribution in [3.05, 3.63) is 70.1 Å². The highest BCUT2D eigenvalue weighted by Crippen LogP contribution is 2.33. The van der Waals surface area contributed by atoms with Crippen molar-refractivity contribution in [1.82, 2.24) is 9.55 Å². The van der Waals surface area contributed by atoms with Crippen LogP contribution in [0.5, 0.6) is 11.5 Å². The zero-order valence-corrected chi connectivity index (χ0v) is 18.3. The molecule has 0 aliphatic carbocycles. The fourth-order valence-corrected chi connectivity index (χ4v) is 4.55. The highest BCUT2D eigenvalue weighted by Gasteiger charge is 2.15. The van der Waals surface area contributed by atoms with Gasteiger partial charge in [-0.15, -0.1) is 11.3 Å². The first-order valence-electron chi connectivity index (χ1n) is 10.3. The van der Waals surface area contributed by atoms with Gasteiger partial charge in [0.05, 0.1) is 11.7 Å². The third-order valence-electron chi connectivity index (χ3n) is 5.33. The Labute approximate surface area is 188 Å². The van der Waals surface area contributed by atoms with Gasteiger partial charge in [-0.05, 0) is 24.6 Å². The Hall–Kier alpha value is -3.65. The summed E-state index contributed by atoms with van der Waals surface area (Å²) in [4.78, 5) is 30.8. The van der Waals surface area contributed by atoms with Crippen molar-refractivity contribution < 1.29 is 14.3 Å². The van der Waals surface area contributed by atoms with Crippen LogP contribution in [0.25, 0.3) is 21.3 Å². The van der Waals surface area contributed by atoms with Crippen LogP contribution in [0.1, 0.15) is 12.0 Å². The van der Waals surface area contributed by atoms with E-state index < -0.39 is 0 Å². The number of rotatable bonds is 5. The molecule has 3 heterocycles. The predicted molar refractivity (Wildman–Crippen MR) is 125 cm³/mol. The van der Waals surface area contributed by atoms with Crippen LogP contribution in [0.15, 0.2) is 59.0 Å². The van der Waals surface area contributed by atoms with Gasteiger partial charge in [0.25, 0.3) is 5.56 Å². The van der Waals surface area contributed by atoms with Crippen LogP contribution in [0.2, 0.25) is 0 Å². The SMILES string of the molecule is Cc1ccc(-c2csc3ncn(CCC(=O)Nc4ccc5c(c4)OCCO5)c(=O)c23)cc1. The molecule has 0 spiro atoms. The Kier molecular flexibility index (Phi) is 5.36. The quantitative estimate of drug-likeness (QED) is 0.495. The van der Waals surface area contributed by atoms with Gasteiger partial charge in [0.1, 0.15) is 18.0 Å². The van der Waals surface area contributed by atoms with Crippen molar-refractivity contribution in [2.75, 3.05) is 18.5 Å². The van der Waals surface area contributed by atoms with Crippen molar-refractivity contribution in [3.63, 3.8) is 0 Å². The zero-order chi connectivity index (χ0) is 22.1. The molecule has 0 atom stereocenters. The molecule has 0 unspecified atom stereocenters. The second-order valence-electron chi connectivity index (χ2n) is 7.60. The molecule has 0 saturated carbocycles. The summed E-state index contributed by atoms with van der Waals surface area (Å²) in [5.41, 5.74) is 3.50. The number of aromatic nitrogens is 2. The largest absolute Gasteiger partial charge is 0.486 e. The minimum absolute atomic E-state index is 0.140. The van der Waals surface area contributed by atoms with E-state index in [4.69, 9.17) is 9.47 Å². The van der Waals surface area contributed by atoms with E-state index in [0.29, 0.717) is 40.6 Å². The minimum Gasteiger partial charge on any atom is -0.486 e. The topological polar surface area (TPSA) is 82.5 Å². The molecule has 32 heavy (non-hydrogen) atoms. The van der Waals surface area contributed by atoms with Gasteiger partial charge in [0.2, 0.25) is 5.91 Å². The first-order valence-corrected chi connectivity index (χ1v) is 11.2. The summed E-state index contributed by atoms with van der Waals surface area (Å²) in [6.07, 6.45) is 1.66. The van der Waals surface area contributed by atoms with Gasteiger partial charge in [0.15, 0.2) is 11.5 Å². The van der Waals surface area contributed by atoms with E-state index in [1.54, 1.807) is 18.2 Å². The van der Waals surface area contributed by atoms with Crippen LogP contribution in [-0.2, 0) is 11.3 Å². The van der Waals surface area contributed by atoms with Gasteiger partial charge < -0.3 is 14.8 Å². The fourth-order valence-electron chi connectivity index (χ4n) is 3.64. The number of ether oxygens (including phenoxy) is 2. The maximum atomic E-state index is 13.1. The molecule has 5 rings (SSSR count). The van der Waals surface area contributed by atoms with E-state index in [0.717, 1.165) is 16.7 Å². The van der Waals surface area contributed by atoms with Gasteiger partial charge in [0, 0.05) is 35.7 Å². The number of benzene rings is 2. The van der Waals surface area contributed by atoms with Gasteiger partial charge in [-0.1, -0.05) is 29.8 Å². The predicted octanol–water partition coefficient (Wildman–Crippen LogP) is 4.23. The molecular formula is C24H21N3O4S.